The van der Waals surface area contributed by atoms with E-state index in [1.165, 1.54) is 37.7 Å². The lowest BCUT2D eigenvalue weighted by Crippen LogP contribution is -2.32. The lowest BCUT2D eigenvalue weighted by molar-refractivity contribution is 0.436. The van der Waals surface area contributed by atoms with Crippen molar-refractivity contribution in [1.82, 2.24) is 19.5 Å². The summed E-state index contributed by atoms with van der Waals surface area (Å²) >= 11 is 1.78. The van der Waals surface area contributed by atoms with E-state index >= 15 is 0 Å². The third kappa shape index (κ3) is 4.91. The van der Waals surface area contributed by atoms with Crippen molar-refractivity contribution >= 4 is 53.3 Å². The van der Waals surface area contributed by atoms with E-state index in [0.717, 1.165) is 71.4 Å². The van der Waals surface area contributed by atoms with Gasteiger partial charge in [0.15, 0.2) is 11.6 Å². The minimum atomic E-state index is -0.688. The number of ether oxygens (including phenoxy) is 1. The molecule has 0 radical (unpaired) electrons. The van der Waals surface area contributed by atoms with Gasteiger partial charge < -0.3 is 4.74 Å². The van der Waals surface area contributed by atoms with Gasteiger partial charge in [-0.15, -0.1) is 11.3 Å². The van der Waals surface area contributed by atoms with Gasteiger partial charge in [0.25, 0.3) is 0 Å². The molecular weight excluding hydrogens is 801 g/mol. The first-order chi connectivity index (χ1) is 31.7. The summed E-state index contributed by atoms with van der Waals surface area (Å²) in [6.07, 6.45) is 0. The van der Waals surface area contributed by atoms with Crippen LogP contribution in [0, 0.1) is 0 Å². The Bertz CT molecular complexity index is 3890. The van der Waals surface area contributed by atoms with Gasteiger partial charge in [-0.25, -0.2) is 4.98 Å². The highest BCUT2D eigenvalue weighted by molar-refractivity contribution is 7.26. The third-order valence-electron chi connectivity index (χ3n) is 13.3. The molecule has 1 aliphatic heterocycles. The van der Waals surface area contributed by atoms with Crippen LogP contribution in [-0.4, -0.2) is 19.5 Å². The zero-order valence-corrected chi connectivity index (χ0v) is 35.1. The van der Waals surface area contributed by atoms with Crippen LogP contribution in [0.1, 0.15) is 22.3 Å². The number of nitrogens with zero attached hydrogens (tertiary/aromatic N) is 4. The van der Waals surface area contributed by atoms with E-state index in [1.54, 1.807) is 11.3 Å². The summed E-state index contributed by atoms with van der Waals surface area (Å²) < 4.78 is 11.5. The van der Waals surface area contributed by atoms with E-state index in [-0.39, 0.29) is 0 Å². The van der Waals surface area contributed by atoms with E-state index in [1.807, 2.05) is 18.2 Å². The predicted octanol–water partition coefficient (Wildman–Crippen LogP) is 14.8. The van der Waals surface area contributed by atoms with Gasteiger partial charge in [0, 0.05) is 53.2 Å². The number of hydrogen-bond donors (Lipinski definition) is 0. The molecule has 6 heteroatoms. The number of aromatic nitrogens is 4. The molecule has 0 bridgehead atoms. The van der Waals surface area contributed by atoms with Crippen LogP contribution in [0.3, 0.4) is 0 Å². The minimum Gasteiger partial charge on any atom is -0.457 e. The summed E-state index contributed by atoms with van der Waals surface area (Å²) in [6, 6.07) is 73.6. The molecule has 3 aromatic heterocycles. The second kappa shape index (κ2) is 13.4. The van der Waals surface area contributed by atoms with Crippen LogP contribution in [0.4, 0.5) is 0 Å². The Morgan fingerprint density at radius 2 is 1.06 bits per heavy atom. The zero-order chi connectivity index (χ0) is 41.9. The van der Waals surface area contributed by atoms with Gasteiger partial charge in [-0.1, -0.05) is 158 Å². The second-order valence-electron chi connectivity index (χ2n) is 16.7. The molecular formula is C58H34N4OS. The summed E-state index contributed by atoms with van der Waals surface area (Å²) in [4.78, 5) is 16.1. The van der Waals surface area contributed by atoms with Gasteiger partial charge in [0.2, 0.25) is 5.95 Å². The van der Waals surface area contributed by atoms with Crippen molar-refractivity contribution in [2.45, 2.75) is 5.41 Å². The van der Waals surface area contributed by atoms with Crippen molar-refractivity contribution < 1.29 is 4.74 Å². The zero-order valence-electron chi connectivity index (χ0n) is 34.2. The molecule has 4 heterocycles. The van der Waals surface area contributed by atoms with Crippen LogP contribution < -0.4 is 4.74 Å². The van der Waals surface area contributed by atoms with Crippen molar-refractivity contribution in [2.75, 3.05) is 0 Å². The van der Waals surface area contributed by atoms with Crippen LogP contribution in [0.2, 0.25) is 0 Å². The molecule has 12 aromatic rings. The largest absolute Gasteiger partial charge is 0.457 e. The van der Waals surface area contributed by atoms with E-state index < -0.39 is 5.41 Å². The molecule has 14 rings (SSSR count). The lowest BCUT2D eigenvalue weighted by atomic mass is 9.65. The first-order valence-electron chi connectivity index (χ1n) is 21.6. The first kappa shape index (κ1) is 35.4. The van der Waals surface area contributed by atoms with Crippen LogP contribution in [0.15, 0.2) is 206 Å². The normalized spacial score (nSPS) is 14.8. The SMILES string of the molecule is c1ccc(-c2ccc3c(c2)C2(c4ccccc4O3)c3ccccc3-c3cc4c5ccccc5n(-c5nc(-c6ccccc6)nc(-c6cccc7c6sc6ccccc67)n5)c4cc32)cc1. The second-order valence-corrected chi connectivity index (χ2v) is 17.7. The van der Waals surface area contributed by atoms with Crippen molar-refractivity contribution in [3.05, 3.63) is 229 Å². The molecule has 1 spiro atoms. The number of hydrogen-bond acceptors (Lipinski definition) is 5. The molecule has 1 unspecified atom stereocenters. The Morgan fingerprint density at radius 1 is 0.391 bits per heavy atom. The molecule has 1 aliphatic carbocycles. The Hall–Kier alpha value is -8.19. The third-order valence-corrected chi connectivity index (χ3v) is 14.6. The molecule has 9 aromatic carbocycles. The molecule has 1 atom stereocenters. The van der Waals surface area contributed by atoms with E-state index in [2.05, 4.69) is 193 Å². The number of thiophene rings is 1. The van der Waals surface area contributed by atoms with E-state index in [4.69, 9.17) is 19.7 Å². The van der Waals surface area contributed by atoms with Gasteiger partial charge in [-0.3, -0.25) is 4.57 Å². The van der Waals surface area contributed by atoms with Crippen LogP contribution in [-0.2, 0) is 5.41 Å². The number of fused-ring (bicyclic) bond motifs is 15. The minimum absolute atomic E-state index is 0.566. The van der Waals surface area contributed by atoms with Gasteiger partial charge in [-0.2, -0.15) is 9.97 Å². The van der Waals surface area contributed by atoms with E-state index in [9.17, 15) is 0 Å². The maximum atomic E-state index is 6.84. The Morgan fingerprint density at radius 3 is 1.94 bits per heavy atom. The molecule has 298 valence electrons. The summed E-state index contributed by atoms with van der Waals surface area (Å²) in [5.74, 6) is 3.53. The topological polar surface area (TPSA) is 52.8 Å². The summed E-state index contributed by atoms with van der Waals surface area (Å²) in [7, 11) is 0. The molecule has 64 heavy (non-hydrogen) atoms. The fourth-order valence-electron chi connectivity index (χ4n) is 10.6. The van der Waals surface area contributed by atoms with Crippen LogP contribution >= 0.6 is 11.3 Å². The monoisotopic (exact) mass is 834 g/mol. The molecule has 0 saturated heterocycles. The van der Waals surface area contributed by atoms with Gasteiger partial charge >= 0.3 is 0 Å². The highest BCUT2D eigenvalue weighted by atomic mass is 32.1. The summed E-state index contributed by atoms with van der Waals surface area (Å²) in [5, 5.41) is 4.70. The maximum Gasteiger partial charge on any atom is 0.238 e. The highest BCUT2D eigenvalue weighted by Gasteiger charge is 2.51. The van der Waals surface area contributed by atoms with Crippen LogP contribution in [0.5, 0.6) is 11.5 Å². The van der Waals surface area contributed by atoms with Gasteiger partial charge in [0.1, 0.15) is 11.5 Å². The maximum absolute atomic E-state index is 6.84. The molecule has 0 N–H and O–H groups in total. The molecule has 0 fully saturated rings. The predicted molar refractivity (Wildman–Crippen MR) is 261 cm³/mol. The van der Waals surface area contributed by atoms with Gasteiger partial charge in [0.05, 0.1) is 16.4 Å². The van der Waals surface area contributed by atoms with Crippen molar-refractivity contribution in [3.63, 3.8) is 0 Å². The van der Waals surface area contributed by atoms with Gasteiger partial charge in [-0.05, 0) is 81.9 Å². The fourth-order valence-corrected chi connectivity index (χ4v) is 11.8. The first-order valence-corrected chi connectivity index (χ1v) is 22.4. The van der Waals surface area contributed by atoms with Crippen molar-refractivity contribution in [2.24, 2.45) is 0 Å². The fraction of sp³-hybridized carbons (Fsp3) is 0.0172. The summed E-state index contributed by atoms with van der Waals surface area (Å²) in [6.45, 7) is 0. The number of para-hydroxylation sites is 2. The average Bonchev–Trinajstić information content (AvgIpc) is 4.00. The van der Waals surface area contributed by atoms with E-state index in [0.29, 0.717) is 17.6 Å². The highest BCUT2D eigenvalue weighted by Crippen LogP contribution is 2.63. The summed E-state index contributed by atoms with van der Waals surface area (Å²) in [5.41, 5.74) is 12.7. The standard InChI is InChI=1S/C58H34N4OS/c1-3-16-35(17-4-1)37-30-31-52-48(32-37)58(46-26-11-13-28-51(46)63-52)45-25-10-7-20-38(45)43-33-44-39-21-8-12-27-49(39)62(50(44)34-47(43)58)57-60-55(36-18-5-2-6-19-36)59-56(61-57)42-24-15-23-41-40-22-9-14-29-53(40)64-54(41)42/h1-34H. The molecule has 0 saturated carbocycles. The molecule has 2 aliphatic rings. The average molecular weight is 835 g/mol. The molecule has 5 nitrogen and oxygen atoms in total. The van der Waals surface area contributed by atoms with Crippen molar-refractivity contribution in [3.8, 4) is 62.5 Å². The Labute approximate surface area is 372 Å². The van der Waals surface area contributed by atoms with Crippen molar-refractivity contribution in [1.29, 1.82) is 0 Å². The lowest BCUT2D eigenvalue weighted by Gasteiger charge is -2.39. The Balaban J connectivity index is 1.09. The molecule has 0 amide bonds. The Kier molecular flexibility index (Phi) is 7.42. The number of rotatable bonds is 4. The number of benzene rings is 9. The van der Waals surface area contributed by atoms with Crippen LogP contribution in [0.25, 0.3) is 93.0 Å². The smallest absolute Gasteiger partial charge is 0.238 e. The quantitative estimate of drug-likeness (QED) is 0.177.